The standard InChI is InChI=1S/C11H15N5O3S/c1-20-2-4-8(17)9(18)10(19-4)6-5-7(16-15-6)11(12)14-3-13-5/h3-4,8-10,17-18H,2H2,1H3,(H,15,16)(H2,12,13,14)/t4-,8-,9-,10+/m1/s1. The van der Waals surface area contributed by atoms with Crippen LogP contribution in [0.3, 0.4) is 0 Å². The van der Waals surface area contributed by atoms with Crippen molar-refractivity contribution in [2.75, 3.05) is 17.7 Å². The topological polar surface area (TPSA) is 130 Å². The summed E-state index contributed by atoms with van der Waals surface area (Å²) in [5.41, 5.74) is 7.15. The van der Waals surface area contributed by atoms with Crippen molar-refractivity contribution in [2.24, 2.45) is 0 Å². The SMILES string of the molecule is CSC[C@H]1O[C@@H](c2[nH]nc3c(N)ncnc23)[C@H](O)[C@@H]1O. The first-order valence-corrected chi connectivity index (χ1v) is 7.47. The molecule has 0 spiro atoms. The first-order valence-electron chi connectivity index (χ1n) is 6.08. The van der Waals surface area contributed by atoms with Gasteiger partial charge in [-0.25, -0.2) is 9.97 Å². The Labute approximate surface area is 118 Å². The number of fused-ring (bicyclic) bond motifs is 1. The van der Waals surface area contributed by atoms with Gasteiger partial charge in [-0.3, -0.25) is 5.10 Å². The molecule has 1 aliphatic heterocycles. The minimum absolute atomic E-state index is 0.256. The van der Waals surface area contributed by atoms with E-state index in [-0.39, 0.29) is 5.82 Å². The van der Waals surface area contributed by atoms with E-state index in [1.165, 1.54) is 6.33 Å². The number of thioether (sulfide) groups is 1. The summed E-state index contributed by atoms with van der Waals surface area (Å²) in [4.78, 5) is 7.97. The molecule has 2 aromatic rings. The normalized spacial score (nSPS) is 30.1. The molecule has 9 heteroatoms. The molecule has 0 saturated carbocycles. The summed E-state index contributed by atoms with van der Waals surface area (Å²) in [6.45, 7) is 0. The van der Waals surface area contributed by atoms with Gasteiger partial charge in [-0.05, 0) is 6.26 Å². The van der Waals surface area contributed by atoms with Gasteiger partial charge in [-0.1, -0.05) is 0 Å². The molecule has 1 aliphatic rings. The lowest BCUT2D eigenvalue weighted by Gasteiger charge is -2.12. The molecule has 1 saturated heterocycles. The number of aliphatic hydroxyl groups excluding tert-OH is 2. The summed E-state index contributed by atoms with van der Waals surface area (Å²) in [6.07, 6.45) is 0.129. The van der Waals surface area contributed by atoms with Crippen molar-refractivity contribution in [1.29, 1.82) is 0 Å². The van der Waals surface area contributed by atoms with E-state index in [1.807, 2.05) is 6.26 Å². The molecule has 0 aromatic carbocycles. The van der Waals surface area contributed by atoms with E-state index in [2.05, 4.69) is 20.2 Å². The number of hydrogen-bond donors (Lipinski definition) is 4. The highest BCUT2D eigenvalue weighted by atomic mass is 32.2. The molecule has 4 atom stereocenters. The molecular weight excluding hydrogens is 282 g/mol. The molecule has 3 heterocycles. The average molecular weight is 297 g/mol. The third kappa shape index (κ3) is 2.03. The fourth-order valence-corrected chi connectivity index (χ4v) is 2.96. The van der Waals surface area contributed by atoms with Crippen LogP contribution < -0.4 is 5.73 Å². The van der Waals surface area contributed by atoms with Gasteiger partial charge in [0.25, 0.3) is 0 Å². The second-order valence-electron chi connectivity index (χ2n) is 4.63. The lowest BCUT2D eigenvalue weighted by molar-refractivity contribution is 0.0146. The van der Waals surface area contributed by atoms with Crippen molar-refractivity contribution < 1.29 is 14.9 Å². The third-order valence-electron chi connectivity index (χ3n) is 3.37. The number of nitrogens with zero attached hydrogens (tertiary/aromatic N) is 3. The Balaban J connectivity index is 1.97. The second-order valence-corrected chi connectivity index (χ2v) is 5.54. The molecule has 108 valence electrons. The summed E-state index contributed by atoms with van der Waals surface area (Å²) < 4.78 is 5.73. The average Bonchev–Trinajstić information content (AvgIpc) is 2.97. The third-order valence-corrected chi connectivity index (χ3v) is 4.03. The number of anilines is 1. The Morgan fingerprint density at radius 3 is 2.90 bits per heavy atom. The van der Waals surface area contributed by atoms with E-state index in [1.54, 1.807) is 11.8 Å². The number of hydrogen-bond acceptors (Lipinski definition) is 8. The molecule has 0 bridgehead atoms. The number of ether oxygens (including phenoxy) is 1. The van der Waals surface area contributed by atoms with Crippen molar-refractivity contribution in [3.63, 3.8) is 0 Å². The zero-order valence-corrected chi connectivity index (χ0v) is 11.5. The van der Waals surface area contributed by atoms with Crippen LogP contribution in [0, 0.1) is 0 Å². The highest BCUT2D eigenvalue weighted by Gasteiger charge is 2.44. The molecule has 1 fully saturated rings. The molecule has 3 rings (SSSR count). The minimum Gasteiger partial charge on any atom is -0.388 e. The van der Waals surface area contributed by atoms with Crippen molar-refractivity contribution >= 4 is 28.6 Å². The van der Waals surface area contributed by atoms with E-state index in [9.17, 15) is 10.2 Å². The Morgan fingerprint density at radius 1 is 1.35 bits per heavy atom. The predicted octanol–water partition coefficient (Wildman–Crippen LogP) is -0.540. The van der Waals surface area contributed by atoms with E-state index in [0.29, 0.717) is 22.5 Å². The molecule has 2 aromatic heterocycles. The number of aromatic nitrogens is 4. The fourth-order valence-electron chi connectivity index (χ4n) is 2.36. The van der Waals surface area contributed by atoms with Gasteiger partial charge in [0, 0.05) is 5.75 Å². The molecule has 0 amide bonds. The Morgan fingerprint density at radius 2 is 2.15 bits per heavy atom. The van der Waals surface area contributed by atoms with Crippen molar-refractivity contribution in [3.05, 3.63) is 12.0 Å². The first kappa shape index (κ1) is 13.6. The molecule has 8 nitrogen and oxygen atoms in total. The van der Waals surface area contributed by atoms with Crippen LogP contribution in [-0.2, 0) is 4.74 Å². The van der Waals surface area contributed by atoms with Crippen LogP contribution in [0.15, 0.2) is 6.33 Å². The smallest absolute Gasteiger partial charge is 0.155 e. The maximum Gasteiger partial charge on any atom is 0.155 e. The summed E-state index contributed by atoms with van der Waals surface area (Å²) in [5.74, 6) is 0.851. The molecule has 0 unspecified atom stereocenters. The fraction of sp³-hybridized carbons (Fsp3) is 0.545. The van der Waals surface area contributed by atoms with Gasteiger partial charge in [0.15, 0.2) is 11.3 Å². The van der Waals surface area contributed by atoms with Gasteiger partial charge in [-0.2, -0.15) is 16.9 Å². The van der Waals surface area contributed by atoms with E-state index in [0.717, 1.165) is 0 Å². The largest absolute Gasteiger partial charge is 0.388 e. The highest BCUT2D eigenvalue weighted by molar-refractivity contribution is 7.98. The monoisotopic (exact) mass is 297 g/mol. The van der Waals surface area contributed by atoms with Gasteiger partial charge >= 0.3 is 0 Å². The Kier molecular flexibility index (Phi) is 3.50. The maximum absolute atomic E-state index is 10.1. The molecule has 0 aliphatic carbocycles. The Bertz CT molecular complexity index is 621. The molecule has 20 heavy (non-hydrogen) atoms. The number of nitrogens with one attached hydrogen (secondary N) is 1. The number of aromatic amines is 1. The maximum atomic E-state index is 10.1. The van der Waals surface area contributed by atoms with E-state index in [4.69, 9.17) is 10.5 Å². The number of H-pyrrole nitrogens is 1. The molecular formula is C11H15N5O3S. The minimum atomic E-state index is -1.04. The van der Waals surface area contributed by atoms with Crippen molar-refractivity contribution in [3.8, 4) is 0 Å². The van der Waals surface area contributed by atoms with Gasteiger partial charge in [-0.15, -0.1) is 0 Å². The number of rotatable bonds is 3. The van der Waals surface area contributed by atoms with Crippen LogP contribution >= 0.6 is 11.8 Å². The summed E-state index contributed by atoms with van der Waals surface area (Å²) >= 11 is 1.54. The van der Waals surface area contributed by atoms with Crippen LogP contribution in [0.5, 0.6) is 0 Å². The van der Waals surface area contributed by atoms with Crippen molar-refractivity contribution in [2.45, 2.75) is 24.4 Å². The second kappa shape index (κ2) is 5.17. The Hall–Kier alpha value is -1.42. The molecule has 0 radical (unpaired) electrons. The number of nitrogen functional groups attached to an aromatic ring is 1. The van der Waals surface area contributed by atoms with Crippen LogP contribution in [0.25, 0.3) is 11.0 Å². The van der Waals surface area contributed by atoms with Gasteiger partial charge in [0.05, 0.1) is 11.8 Å². The molecule has 5 N–H and O–H groups in total. The number of aliphatic hydroxyl groups is 2. The van der Waals surface area contributed by atoms with Crippen LogP contribution in [0.1, 0.15) is 11.8 Å². The number of nitrogens with two attached hydrogens (primary N) is 1. The van der Waals surface area contributed by atoms with Crippen molar-refractivity contribution in [1.82, 2.24) is 20.2 Å². The van der Waals surface area contributed by atoms with Crippen LogP contribution in [-0.4, -0.2) is 60.7 Å². The van der Waals surface area contributed by atoms with Gasteiger partial charge in [0.1, 0.15) is 30.2 Å². The lowest BCUT2D eigenvalue weighted by Crippen LogP contribution is -2.31. The van der Waals surface area contributed by atoms with E-state index < -0.39 is 24.4 Å². The lowest BCUT2D eigenvalue weighted by atomic mass is 10.1. The summed E-state index contributed by atoms with van der Waals surface area (Å²) in [5, 5.41) is 27.0. The van der Waals surface area contributed by atoms with Gasteiger partial charge < -0.3 is 20.7 Å². The predicted molar refractivity (Wildman–Crippen MR) is 74.1 cm³/mol. The van der Waals surface area contributed by atoms with Gasteiger partial charge in [0.2, 0.25) is 0 Å². The quantitative estimate of drug-likeness (QED) is 0.594. The summed E-state index contributed by atoms with van der Waals surface area (Å²) in [7, 11) is 0. The van der Waals surface area contributed by atoms with Crippen LogP contribution in [0.2, 0.25) is 0 Å². The van der Waals surface area contributed by atoms with Crippen LogP contribution in [0.4, 0.5) is 5.82 Å². The van der Waals surface area contributed by atoms with E-state index >= 15 is 0 Å². The zero-order chi connectivity index (χ0) is 14.3. The zero-order valence-electron chi connectivity index (χ0n) is 10.7. The highest BCUT2D eigenvalue weighted by Crippen LogP contribution is 2.36. The summed E-state index contributed by atoms with van der Waals surface area (Å²) in [6, 6.07) is 0. The first-order chi connectivity index (χ1) is 9.63.